The molecule has 5 nitrogen and oxygen atoms in total. The highest BCUT2D eigenvalue weighted by molar-refractivity contribution is 6.21. The second-order valence-corrected chi connectivity index (χ2v) is 10.4. The summed E-state index contributed by atoms with van der Waals surface area (Å²) in [5.41, 5.74) is -2.04. The lowest BCUT2D eigenvalue weighted by Crippen LogP contribution is -2.64. The van der Waals surface area contributed by atoms with E-state index in [2.05, 4.69) is 6.92 Å². The number of ketones is 2. The van der Waals surface area contributed by atoms with Crippen molar-refractivity contribution in [2.45, 2.75) is 57.1 Å². The summed E-state index contributed by atoms with van der Waals surface area (Å²) in [6.45, 7) is 5.05. The molecule has 3 saturated carbocycles. The molecule has 4 aliphatic carbocycles. The van der Waals surface area contributed by atoms with E-state index in [1.54, 1.807) is 12.2 Å². The first kappa shape index (κ1) is 20.3. The molecule has 0 bridgehead atoms. The number of hydrogen-bond donors (Lipinski definition) is 3. The van der Waals surface area contributed by atoms with Crippen molar-refractivity contribution in [3.05, 3.63) is 23.8 Å². The molecule has 0 radical (unpaired) electrons. The van der Waals surface area contributed by atoms with Gasteiger partial charge in [0, 0.05) is 22.1 Å². The van der Waals surface area contributed by atoms with Gasteiger partial charge in [-0.25, -0.2) is 0 Å². The quantitative estimate of drug-likeness (QED) is 0.607. The van der Waals surface area contributed by atoms with Crippen LogP contribution < -0.4 is 0 Å². The van der Waals surface area contributed by atoms with Gasteiger partial charge in [0.25, 0.3) is 0 Å². The van der Waals surface area contributed by atoms with E-state index >= 15 is 0 Å². The van der Waals surface area contributed by atoms with Gasteiger partial charge in [0.2, 0.25) is 0 Å². The van der Waals surface area contributed by atoms with Crippen LogP contribution in [-0.4, -0.2) is 50.6 Å². The SMILES string of the molecule is CC1CC2C3C(Cl)CC4=CC(=O)C=C[C@]4(C)C3C(O)C[C@]2(C)[C@@]1(O)C(=O)CO. The van der Waals surface area contributed by atoms with Crippen LogP contribution in [0.1, 0.15) is 40.0 Å². The summed E-state index contributed by atoms with van der Waals surface area (Å²) >= 11 is 6.86. The first-order valence-corrected chi connectivity index (χ1v) is 10.6. The van der Waals surface area contributed by atoms with Gasteiger partial charge in [-0.1, -0.05) is 32.4 Å². The summed E-state index contributed by atoms with van der Waals surface area (Å²) in [6, 6.07) is 0. The molecule has 154 valence electrons. The molecular formula is C22H29ClO5. The van der Waals surface area contributed by atoms with Gasteiger partial charge in [0.05, 0.1) is 6.10 Å². The van der Waals surface area contributed by atoms with Gasteiger partial charge in [-0.2, -0.15) is 0 Å². The number of alkyl halides is 1. The van der Waals surface area contributed by atoms with E-state index in [0.717, 1.165) is 5.57 Å². The van der Waals surface area contributed by atoms with Crippen LogP contribution >= 0.6 is 11.6 Å². The number of carbonyl (C=O) groups is 2. The van der Waals surface area contributed by atoms with E-state index < -0.39 is 34.9 Å². The predicted molar refractivity (Wildman–Crippen MR) is 105 cm³/mol. The number of aliphatic hydroxyl groups is 3. The monoisotopic (exact) mass is 408 g/mol. The summed E-state index contributed by atoms with van der Waals surface area (Å²) in [6.07, 6.45) is 5.78. The van der Waals surface area contributed by atoms with Crippen LogP contribution in [0.2, 0.25) is 0 Å². The van der Waals surface area contributed by atoms with Crippen LogP contribution in [0.3, 0.4) is 0 Å². The van der Waals surface area contributed by atoms with E-state index in [0.29, 0.717) is 12.8 Å². The number of carbonyl (C=O) groups excluding carboxylic acids is 2. The molecule has 3 N–H and O–H groups in total. The second-order valence-electron chi connectivity index (χ2n) is 9.79. The lowest BCUT2D eigenvalue weighted by molar-refractivity contribution is -0.183. The molecule has 9 atom stereocenters. The molecule has 0 heterocycles. The topological polar surface area (TPSA) is 94.8 Å². The average molecular weight is 409 g/mol. The molecule has 0 spiro atoms. The van der Waals surface area contributed by atoms with E-state index in [4.69, 9.17) is 11.6 Å². The van der Waals surface area contributed by atoms with Crippen molar-refractivity contribution in [2.75, 3.05) is 6.61 Å². The van der Waals surface area contributed by atoms with Crippen molar-refractivity contribution >= 4 is 23.2 Å². The highest BCUT2D eigenvalue weighted by Crippen LogP contribution is 2.68. The van der Waals surface area contributed by atoms with Crippen molar-refractivity contribution in [2.24, 2.45) is 34.5 Å². The fraction of sp³-hybridized carbons (Fsp3) is 0.727. The van der Waals surface area contributed by atoms with Gasteiger partial charge in [0.1, 0.15) is 12.2 Å². The maximum Gasteiger partial charge on any atom is 0.190 e. The molecule has 0 aromatic heterocycles. The Labute approximate surface area is 170 Å². The van der Waals surface area contributed by atoms with Crippen LogP contribution in [0.15, 0.2) is 23.8 Å². The fourth-order valence-corrected chi connectivity index (χ4v) is 7.79. The Balaban J connectivity index is 1.82. The molecule has 6 unspecified atom stereocenters. The third kappa shape index (κ3) is 2.31. The minimum atomic E-state index is -1.68. The smallest absolute Gasteiger partial charge is 0.190 e. The molecule has 3 fully saturated rings. The number of rotatable bonds is 2. The number of aliphatic hydroxyl groups excluding tert-OH is 2. The van der Waals surface area contributed by atoms with Crippen LogP contribution in [0.25, 0.3) is 0 Å². The van der Waals surface area contributed by atoms with Crippen LogP contribution in [-0.2, 0) is 9.59 Å². The Bertz CT molecular complexity index is 790. The lowest BCUT2D eigenvalue weighted by Gasteiger charge is -2.60. The van der Waals surface area contributed by atoms with Crippen molar-refractivity contribution in [3.63, 3.8) is 0 Å². The Hall–Kier alpha value is -1.01. The normalized spacial score (nSPS) is 52.5. The minimum Gasteiger partial charge on any atom is -0.393 e. The summed E-state index contributed by atoms with van der Waals surface area (Å²) < 4.78 is 0. The van der Waals surface area contributed by atoms with Gasteiger partial charge >= 0.3 is 0 Å². The highest BCUT2D eigenvalue weighted by Gasteiger charge is 2.71. The molecular weight excluding hydrogens is 380 g/mol. The Morgan fingerprint density at radius 2 is 2.04 bits per heavy atom. The number of allylic oxidation sites excluding steroid dienone is 4. The molecule has 28 heavy (non-hydrogen) atoms. The molecule has 0 aromatic rings. The van der Waals surface area contributed by atoms with Crippen LogP contribution in [0.5, 0.6) is 0 Å². The van der Waals surface area contributed by atoms with E-state index in [9.17, 15) is 24.9 Å². The van der Waals surface area contributed by atoms with Gasteiger partial charge in [-0.05, 0) is 49.2 Å². The first-order chi connectivity index (χ1) is 13.0. The van der Waals surface area contributed by atoms with Crippen molar-refractivity contribution in [1.82, 2.24) is 0 Å². The Morgan fingerprint density at radius 1 is 1.36 bits per heavy atom. The molecule has 0 aromatic carbocycles. The van der Waals surface area contributed by atoms with Gasteiger partial charge in [-0.15, -0.1) is 11.6 Å². The zero-order chi connectivity index (χ0) is 20.6. The zero-order valence-corrected chi connectivity index (χ0v) is 17.3. The number of halogens is 1. The average Bonchev–Trinajstić information content (AvgIpc) is 2.83. The van der Waals surface area contributed by atoms with Gasteiger partial charge in [-0.3, -0.25) is 9.59 Å². The summed E-state index contributed by atoms with van der Waals surface area (Å²) in [4.78, 5) is 24.5. The van der Waals surface area contributed by atoms with Crippen LogP contribution in [0.4, 0.5) is 0 Å². The van der Waals surface area contributed by atoms with Crippen molar-refractivity contribution in [3.8, 4) is 0 Å². The summed E-state index contributed by atoms with van der Waals surface area (Å²) in [5.74, 6) is -1.29. The number of fused-ring (bicyclic) bond motifs is 5. The molecule has 0 aliphatic heterocycles. The molecule has 0 amide bonds. The standard InChI is InChI=1S/C22H29ClO5/c1-11-6-14-18-15(23)8-12-7-13(25)4-5-20(12,2)19(18)16(26)9-21(14,3)22(11,28)17(27)10-24/h4-5,7,11,14-16,18-19,24,26,28H,6,8-10H2,1-3H3/t11?,14?,15?,16?,18?,19?,20-,21-,22-/m0/s1. The third-order valence-electron chi connectivity index (χ3n) is 8.63. The van der Waals surface area contributed by atoms with Gasteiger partial charge in [0.15, 0.2) is 11.6 Å². The largest absolute Gasteiger partial charge is 0.393 e. The number of hydrogen-bond acceptors (Lipinski definition) is 5. The minimum absolute atomic E-state index is 0.0525. The zero-order valence-electron chi connectivity index (χ0n) is 16.6. The third-order valence-corrected chi connectivity index (χ3v) is 9.08. The molecule has 6 heteroatoms. The fourth-order valence-electron chi connectivity index (χ4n) is 7.29. The molecule has 4 rings (SSSR count). The lowest BCUT2D eigenvalue weighted by atomic mass is 9.46. The first-order valence-electron chi connectivity index (χ1n) is 10.1. The highest BCUT2D eigenvalue weighted by atomic mass is 35.5. The molecule has 0 saturated heterocycles. The van der Waals surface area contributed by atoms with E-state index in [1.165, 1.54) is 0 Å². The number of Topliss-reactive ketones (excluding diaryl/α,β-unsaturated/α-hetero) is 1. The summed E-state index contributed by atoms with van der Waals surface area (Å²) in [7, 11) is 0. The Kier molecular flexibility index (Phi) is 4.52. The van der Waals surface area contributed by atoms with E-state index in [1.807, 2.05) is 19.9 Å². The van der Waals surface area contributed by atoms with E-state index in [-0.39, 0.29) is 41.3 Å². The maximum atomic E-state index is 12.6. The predicted octanol–water partition coefficient (Wildman–Crippen LogP) is 2.02. The Morgan fingerprint density at radius 3 is 2.68 bits per heavy atom. The summed E-state index contributed by atoms with van der Waals surface area (Å²) in [5, 5.41) is 32.0. The van der Waals surface area contributed by atoms with Crippen molar-refractivity contribution in [1.29, 1.82) is 0 Å². The van der Waals surface area contributed by atoms with Gasteiger partial charge < -0.3 is 15.3 Å². The second kappa shape index (κ2) is 6.24. The van der Waals surface area contributed by atoms with Crippen molar-refractivity contribution < 1.29 is 24.9 Å². The maximum absolute atomic E-state index is 12.6. The molecule has 4 aliphatic rings. The van der Waals surface area contributed by atoms with Crippen LogP contribution in [0, 0.1) is 34.5 Å².